The molecule has 0 heterocycles. The topological polar surface area (TPSA) is 37.3 Å². The van der Waals surface area contributed by atoms with Gasteiger partial charge in [0.15, 0.2) is 0 Å². The van der Waals surface area contributed by atoms with Crippen LogP contribution < -0.4 is 0 Å². The molecule has 0 saturated heterocycles. The van der Waals surface area contributed by atoms with Gasteiger partial charge in [-0.15, -0.1) is 12.4 Å². The van der Waals surface area contributed by atoms with Crippen molar-refractivity contribution in [2.75, 3.05) is 0 Å². The Labute approximate surface area is 96.7 Å². The van der Waals surface area contributed by atoms with E-state index in [2.05, 4.69) is 0 Å². The molecule has 0 fully saturated rings. The van der Waals surface area contributed by atoms with Crippen molar-refractivity contribution < 1.29 is 9.90 Å². The highest BCUT2D eigenvalue weighted by Gasteiger charge is 2.23. The number of halogens is 1. The summed E-state index contributed by atoms with van der Waals surface area (Å²) in [7, 11) is 0. The zero-order valence-electron chi connectivity index (χ0n) is 9.28. The molecule has 0 aliphatic carbocycles. The average molecular weight is 229 g/mol. The molecular formula is C12H17ClO2. The van der Waals surface area contributed by atoms with Crippen LogP contribution in [-0.4, -0.2) is 11.1 Å². The number of hydrogen-bond acceptors (Lipinski definition) is 1. The van der Waals surface area contributed by atoms with Crippen LogP contribution in [0.5, 0.6) is 0 Å². The quantitative estimate of drug-likeness (QED) is 0.863. The minimum atomic E-state index is -0.754. The largest absolute Gasteiger partial charge is 0.481 e. The number of aryl methyl sites for hydroxylation is 1. The van der Waals surface area contributed by atoms with Crippen molar-refractivity contribution in [2.45, 2.75) is 32.6 Å². The first kappa shape index (κ1) is 14.0. The molecule has 3 heteroatoms. The molecule has 0 aliphatic rings. The van der Waals surface area contributed by atoms with Gasteiger partial charge in [-0.25, -0.2) is 0 Å². The standard InChI is InChI=1S/C12H16O2.ClH/c1-9-4-6-10(7-5-9)12(2,3)8-11(13)14;/h4-7H,8H2,1-3H3,(H,13,14);1H. The third-order valence-electron chi connectivity index (χ3n) is 2.43. The Kier molecular flexibility index (Phi) is 4.82. The number of hydrogen-bond donors (Lipinski definition) is 1. The van der Waals surface area contributed by atoms with Crippen LogP contribution in [0.25, 0.3) is 0 Å². The Morgan fingerprint density at radius 3 is 2.13 bits per heavy atom. The van der Waals surface area contributed by atoms with Crippen LogP contribution in [0.1, 0.15) is 31.4 Å². The van der Waals surface area contributed by atoms with Crippen LogP contribution in [0.4, 0.5) is 0 Å². The molecule has 1 N–H and O–H groups in total. The van der Waals surface area contributed by atoms with Gasteiger partial charge in [0.05, 0.1) is 6.42 Å². The molecule has 0 amide bonds. The van der Waals surface area contributed by atoms with Crippen LogP contribution in [0.15, 0.2) is 24.3 Å². The van der Waals surface area contributed by atoms with Crippen molar-refractivity contribution in [3.8, 4) is 0 Å². The average Bonchev–Trinajstić information content (AvgIpc) is 2.02. The van der Waals surface area contributed by atoms with E-state index in [1.165, 1.54) is 5.56 Å². The van der Waals surface area contributed by atoms with E-state index in [1.807, 2.05) is 45.0 Å². The smallest absolute Gasteiger partial charge is 0.304 e. The Morgan fingerprint density at radius 1 is 1.27 bits per heavy atom. The molecular weight excluding hydrogens is 212 g/mol. The predicted molar refractivity (Wildman–Crippen MR) is 63.7 cm³/mol. The van der Waals surface area contributed by atoms with E-state index in [4.69, 9.17) is 5.11 Å². The molecule has 0 bridgehead atoms. The van der Waals surface area contributed by atoms with E-state index >= 15 is 0 Å². The lowest BCUT2D eigenvalue weighted by Crippen LogP contribution is -2.21. The van der Waals surface area contributed by atoms with Gasteiger partial charge in [-0.1, -0.05) is 43.7 Å². The summed E-state index contributed by atoms with van der Waals surface area (Å²) in [5.74, 6) is -0.754. The van der Waals surface area contributed by atoms with Crippen molar-refractivity contribution in [1.29, 1.82) is 0 Å². The lowest BCUT2D eigenvalue weighted by molar-refractivity contribution is -0.138. The highest BCUT2D eigenvalue weighted by atomic mass is 35.5. The minimum Gasteiger partial charge on any atom is -0.481 e. The number of carboxylic acid groups (broad SMARTS) is 1. The number of carbonyl (C=O) groups is 1. The monoisotopic (exact) mass is 228 g/mol. The molecule has 1 aromatic rings. The minimum absolute atomic E-state index is 0. The van der Waals surface area contributed by atoms with E-state index in [-0.39, 0.29) is 24.2 Å². The van der Waals surface area contributed by atoms with Crippen molar-refractivity contribution >= 4 is 18.4 Å². The molecule has 0 radical (unpaired) electrons. The Balaban J connectivity index is 0.00000196. The SMILES string of the molecule is Cc1ccc(C(C)(C)CC(=O)O)cc1.Cl. The van der Waals surface area contributed by atoms with Crippen LogP contribution in [0, 0.1) is 6.92 Å². The van der Waals surface area contributed by atoms with Crippen molar-refractivity contribution in [3.05, 3.63) is 35.4 Å². The molecule has 0 aliphatic heterocycles. The normalized spacial score (nSPS) is 10.6. The van der Waals surface area contributed by atoms with Gasteiger partial charge in [0.25, 0.3) is 0 Å². The summed E-state index contributed by atoms with van der Waals surface area (Å²) in [6.45, 7) is 5.92. The second-order valence-corrected chi connectivity index (χ2v) is 4.32. The van der Waals surface area contributed by atoms with Gasteiger partial charge in [-0.3, -0.25) is 4.79 Å². The van der Waals surface area contributed by atoms with Crippen LogP contribution in [-0.2, 0) is 10.2 Å². The predicted octanol–water partition coefficient (Wildman–Crippen LogP) is 3.17. The molecule has 1 aromatic carbocycles. The fourth-order valence-corrected chi connectivity index (χ4v) is 1.48. The molecule has 0 aromatic heterocycles. The van der Waals surface area contributed by atoms with Gasteiger partial charge >= 0.3 is 5.97 Å². The summed E-state index contributed by atoms with van der Waals surface area (Å²) >= 11 is 0. The molecule has 0 atom stereocenters. The van der Waals surface area contributed by atoms with Crippen LogP contribution in [0.2, 0.25) is 0 Å². The first-order valence-corrected chi connectivity index (χ1v) is 4.71. The fourth-order valence-electron chi connectivity index (χ4n) is 1.48. The Morgan fingerprint density at radius 2 is 1.73 bits per heavy atom. The van der Waals surface area contributed by atoms with Gasteiger partial charge in [-0.2, -0.15) is 0 Å². The first-order valence-electron chi connectivity index (χ1n) is 4.71. The molecule has 0 spiro atoms. The van der Waals surface area contributed by atoms with Crippen LogP contribution in [0.3, 0.4) is 0 Å². The highest BCUT2D eigenvalue weighted by molar-refractivity contribution is 5.85. The van der Waals surface area contributed by atoms with Gasteiger partial charge in [0, 0.05) is 5.41 Å². The second kappa shape index (κ2) is 5.17. The maximum atomic E-state index is 10.7. The number of carboxylic acids is 1. The van der Waals surface area contributed by atoms with Crippen LogP contribution >= 0.6 is 12.4 Å². The van der Waals surface area contributed by atoms with Gasteiger partial charge in [0.1, 0.15) is 0 Å². The maximum Gasteiger partial charge on any atom is 0.304 e. The van der Waals surface area contributed by atoms with Gasteiger partial charge in [0.2, 0.25) is 0 Å². The summed E-state index contributed by atoms with van der Waals surface area (Å²) in [5.41, 5.74) is 1.98. The van der Waals surface area contributed by atoms with E-state index in [1.54, 1.807) is 0 Å². The Hall–Kier alpha value is -1.02. The third kappa shape index (κ3) is 3.92. The lowest BCUT2D eigenvalue weighted by Gasteiger charge is -2.23. The summed E-state index contributed by atoms with van der Waals surface area (Å²) in [6, 6.07) is 8.02. The lowest BCUT2D eigenvalue weighted by atomic mass is 9.81. The van der Waals surface area contributed by atoms with Crippen molar-refractivity contribution in [2.24, 2.45) is 0 Å². The zero-order chi connectivity index (χ0) is 10.8. The number of aliphatic carboxylic acids is 1. The maximum absolute atomic E-state index is 10.7. The second-order valence-electron chi connectivity index (χ2n) is 4.32. The van der Waals surface area contributed by atoms with E-state index in [0.29, 0.717) is 0 Å². The molecule has 15 heavy (non-hydrogen) atoms. The molecule has 84 valence electrons. The molecule has 0 saturated carbocycles. The fraction of sp³-hybridized carbons (Fsp3) is 0.417. The van der Waals surface area contributed by atoms with Gasteiger partial charge in [-0.05, 0) is 12.5 Å². The Bertz CT molecular complexity index is 328. The van der Waals surface area contributed by atoms with E-state index < -0.39 is 5.97 Å². The summed E-state index contributed by atoms with van der Waals surface area (Å²) in [5, 5.41) is 8.77. The molecule has 0 unspecified atom stereocenters. The summed E-state index contributed by atoms with van der Waals surface area (Å²) in [4.78, 5) is 10.7. The first-order chi connectivity index (χ1) is 6.42. The summed E-state index contributed by atoms with van der Waals surface area (Å²) < 4.78 is 0. The molecule has 2 nitrogen and oxygen atoms in total. The molecule has 1 rings (SSSR count). The van der Waals surface area contributed by atoms with Gasteiger partial charge < -0.3 is 5.11 Å². The highest BCUT2D eigenvalue weighted by Crippen LogP contribution is 2.26. The van der Waals surface area contributed by atoms with E-state index in [0.717, 1.165) is 5.56 Å². The van der Waals surface area contributed by atoms with E-state index in [9.17, 15) is 4.79 Å². The zero-order valence-corrected chi connectivity index (χ0v) is 10.1. The third-order valence-corrected chi connectivity index (χ3v) is 2.43. The number of benzene rings is 1. The summed E-state index contributed by atoms with van der Waals surface area (Å²) in [6.07, 6.45) is 0.163. The van der Waals surface area contributed by atoms with Crippen molar-refractivity contribution in [3.63, 3.8) is 0 Å². The van der Waals surface area contributed by atoms with Crippen molar-refractivity contribution in [1.82, 2.24) is 0 Å². The number of rotatable bonds is 3.